The molecule has 2 atom stereocenters. The predicted octanol–water partition coefficient (Wildman–Crippen LogP) is 2.03. The second-order valence-corrected chi connectivity index (χ2v) is 4.52. The zero-order valence-corrected chi connectivity index (χ0v) is 9.86. The van der Waals surface area contributed by atoms with Gasteiger partial charge < -0.3 is 10.5 Å². The normalized spacial score (nSPS) is 25.4. The van der Waals surface area contributed by atoms with Crippen LogP contribution in [0.2, 0.25) is 5.15 Å². The minimum Gasteiger partial charge on any atom is -0.473 e. The van der Waals surface area contributed by atoms with Crippen molar-refractivity contribution in [3.8, 4) is 5.88 Å². The lowest BCUT2D eigenvalue weighted by Gasteiger charge is -2.30. The molecule has 0 radical (unpaired) electrons. The lowest BCUT2D eigenvalue weighted by Crippen LogP contribution is -2.35. The number of nitrogens with zero attached hydrogens (tertiary/aromatic N) is 2. The molecule has 1 aromatic heterocycles. The highest BCUT2D eigenvalue weighted by atomic mass is 35.5. The van der Waals surface area contributed by atoms with Gasteiger partial charge in [0.1, 0.15) is 6.10 Å². The topological polar surface area (TPSA) is 61.0 Å². The molecule has 1 aromatic rings. The fourth-order valence-corrected chi connectivity index (χ4v) is 2.22. The molecule has 0 bridgehead atoms. The van der Waals surface area contributed by atoms with E-state index in [9.17, 15) is 0 Å². The van der Waals surface area contributed by atoms with E-state index in [2.05, 4.69) is 10.2 Å². The second-order valence-electron chi connectivity index (χ2n) is 4.13. The Labute approximate surface area is 100 Å². The van der Waals surface area contributed by atoms with Gasteiger partial charge >= 0.3 is 0 Å². The molecule has 2 unspecified atom stereocenters. The number of aromatic nitrogens is 2. The second kappa shape index (κ2) is 5.46. The van der Waals surface area contributed by atoms with E-state index in [1.165, 1.54) is 12.8 Å². The molecule has 4 nitrogen and oxygen atoms in total. The van der Waals surface area contributed by atoms with Crippen LogP contribution in [0, 0.1) is 5.92 Å². The van der Waals surface area contributed by atoms with Gasteiger partial charge in [0.25, 0.3) is 0 Å². The molecule has 0 saturated heterocycles. The summed E-state index contributed by atoms with van der Waals surface area (Å²) in [7, 11) is 0. The van der Waals surface area contributed by atoms with Crippen molar-refractivity contribution < 1.29 is 4.74 Å². The van der Waals surface area contributed by atoms with Crippen LogP contribution in [-0.4, -0.2) is 22.8 Å². The number of halogens is 1. The van der Waals surface area contributed by atoms with Crippen LogP contribution in [0.4, 0.5) is 0 Å². The monoisotopic (exact) mass is 241 g/mol. The fourth-order valence-electron chi connectivity index (χ4n) is 2.12. The van der Waals surface area contributed by atoms with Crippen LogP contribution in [0.5, 0.6) is 5.88 Å². The maximum Gasteiger partial charge on any atom is 0.233 e. The highest BCUT2D eigenvalue weighted by Gasteiger charge is 2.25. The SMILES string of the molecule is NCC1CCCCC1Oc1ccc(Cl)nn1. The Morgan fingerprint density at radius 1 is 1.31 bits per heavy atom. The van der Waals surface area contributed by atoms with Crippen molar-refractivity contribution in [3.63, 3.8) is 0 Å². The molecule has 2 rings (SSSR count). The van der Waals surface area contributed by atoms with E-state index in [1.54, 1.807) is 12.1 Å². The van der Waals surface area contributed by atoms with Gasteiger partial charge in [0.05, 0.1) is 0 Å². The first-order chi connectivity index (χ1) is 7.79. The van der Waals surface area contributed by atoms with Crippen LogP contribution in [0.25, 0.3) is 0 Å². The molecule has 5 heteroatoms. The van der Waals surface area contributed by atoms with Crippen LogP contribution in [-0.2, 0) is 0 Å². The number of hydrogen-bond donors (Lipinski definition) is 1. The van der Waals surface area contributed by atoms with Crippen LogP contribution in [0.3, 0.4) is 0 Å². The van der Waals surface area contributed by atoms with Crippen LogP contribution >= 0.6 is 11.6 Å². The summed E-state index contributed by atoms with van der Waals surface area (Å²) in [5, 5.41) is 8.03. The zero-order chi connectivity index (χ0) is 11.4. The molecule has 1 aliphatic rings. The van der Waals surface area contributed by atoms with E-state index in [-0.39, 0.29) is 6.10 Å². The third kappa shape index (κ3) is 2.83. The molecule has 1 aliphatic carbocycles. The first-order valence-corrected chi connectivity index (χ1v) is 6.03. The summed E-state index contributed by atoms with van der Waals surface area (Å²) < 4.78 is 5.80. The number of nitrogens with two attached hydrogens (primary N) is 1. The van der Waals surface area contributed by atoms with Gasteiger partial charge in [0, 0.05) is 12.0 Å². The van der Waals surface area contributed by atoms with E-state index in [4.69, 9.17) is 22.1 Å². The maximum atomic E-state index is 5.80. The van der Waals surface area contributed by atoms with E-state index in [0.717, 1.165) is 12.8 Å². The van der Waals surface area contributed by atoms with Crippen molar-refractivity contribution in [1.29, 1.82) is 0 Å². The van der Waals surface area contributed by atoms with Gasteiger partial charge in [-0.1, -0.05) is 18.0 Å². The van der Waals surface area contributed by atoms with Gasteiger partial charge in [-0.05, 0) is 31.9 Å². The highest BCUT2D eigenvalue weighted by Crippen LogP contribution is 2.27. The maximum absolute atomic E-state index is 5.80. The van der Waals surface area contributed by atoms with Crippen molar-refractivity contribution in [1.82, 2.24) is 10.2 Å². The summed E-state index contributed by atoms with van der Waals surface area (Å²) >= 11 is 5.66. The summed E-state index contributed by atoms with van der Waals surface area (Å²) in [6, 6.07) is 3.43. The molecule has 0 amide bonds. The molecule has 1 heterocycles. The summed E-state index contributed by atoms with van der Waals surface area (Å²) in [6.45, 7) is 0.672. The Morgan fingerprint density at radius 2 is 2.12 bits per heavy atom. The van der Waals surface area contributed by atoms with Gasteiger partial charge in [-0.15, -0.1) is 10.2 Å². The quantitative estimate of drug-likeness (QED) is 0.880. The van der Waals surface area contributed by atoms with Gasteiger partial charge in [-0.3, -0.25) is 0 Å². The molecule has 0 aliphatic heterocycles. The van der Waals surface area contributed by atoms with Crippen LogP contribution in [0.15, 0.2) is 12.1 Å². The molecule has 0 spiro atoms. The van der Waals surface area contributed by atoms with Gasteiger partial charge in [0.15, 0.2) is 5.15 Å². The summed E-state index contributed by atoms with van der Waals surface area (Å²) in [5.74, 6) is 0.973. The largest absolute Gasteiger partial charge is 0.473 e. The molecule has 2 N–H and O–H groups in total. The first-order valence-electron chi connectivity index (χ1n) is 5.65. The molecule has 16 heavy (non-hydrogen) atoms. The first kappa shape index (κ1) is 11.6. The third-order valence-electron chi connectivity index (χ3n) is 3.02. The van der Waals surface area contributed by atoms with Crippen molar-refractivity contribution in [2.24, 2.45) is 11.7 Å². The molecular weight excluding hydrogens is 226 g/mol. The predicted molar refractivity (Wildman–Crippen MR) is 62.5 cm³/mol. The Balaban J connectivity index is 1.99. The average molecular weight is 242 g/mol. The van der Waals surface area contributed by atoms with Gasteiger partial charge in [-0.2, -0.15) is 0 Å². The lowest BCUT2D eigenvalue weighted by molar-refractivity contribution is 0.0912. The highest BCUT2D eigenvalue weighted by molar-refractivity contribution is 6.29. The molecule has 1 saturated carbocycles. The third-order valence-corrected chi connectivity index (χ3v) is 3.22. The van der Waals surface area contributed by atoms with Crippen molar-refractivity contribution in [2.75, 3.05) is 6.54 Å². The Kier molecular flexibility index (Phi) is 3.96. The number of rotatable bonds is 3. The minimum atomic E-state index is 0.175. The fraction of sp³-hybridized carbons (Fsp3) is 0.636. The van der Waals surface area contributed by atoms with E-state index in [0.29, 0.717) is 23.5 Å². The molecular formula is C11H16ClN3O. The van der Waals surface area contributed by atoms with Crippen LogP contribution in [0.1, 0.15) is 25.7 Å². The van der Waals surface area contributed by atoms with Crippen molar-refractivity contribution in [3.05, 3.63) is 17.3 Å². The van der Waals surface area contributed by atoms with Gasteiger partial charge in [-0.25, -0.2) is 0 Å². The Hall–Kier alpha value is -0.870. The average Bonchev–Trinajstić information content (AvgIpc) is 2.33. The molecule has 0 aromatic carbocycles. The lowest BCUT2D eigenvalue weighted by atomic mass is 9.86. The van der Waals surface area contributed by atoms with Crippen LogP contribution < -0.4 is 10.5 Å². The smallest absolute Gasteiger partial charge is 0.233 e. The Bertz CT molecular complexity index is 331. The zero-order valence-electron chi connectivity index (χ0n) is 9.10. The van der Waals surface area contributed by atoms with Crippen molar-refractivity contribution in [2.45, 2.75) is 31.8 Å². The van der Waals surface area contributed by atoms with Crippen molar-refractivity contribution >= 4 is 11.6 Å². The Morgan fingerprint density at radius 3 is 2.81 bits per heavy atom. The van der Waals surface area contributed by atoms with E-state index >= 15 is 0 Å². The van der Waals surface area contributed by atoms with E-state index < -0.39 is 0 Å². The molecule has 88 valence electrons. The van der Waals surface area contributed by atoms with E-state index in [1.807, 2.05) is 0 Å². The summed E-state index contributed by atoms with van der Waals surface area (Å²) in [5.41, 5.74) is 5.73. The summed E-state index contributed by atoms with van der Waals surface area (Å²) in [4.78, 5) is 0. The standard InChI is InChI=1S/C11H16ClN3O/c12-10-5-6-11(15-14-10)16-9-4-2-1-3-8(9)7-13/h5-6,8-9H,1-4,7,13H2. The number of hydrogen-bond acceptors (Lipinski definition) is 4. The number of ether oxygens (including phenoxy) is 1. The van der Waals surface area contributed by atoms with Gasteiger partial charge in [0.2, 0.25) is 5.88 Å². The molecule has 1 fully saturated rings. The summed E-state index contributed by atoms with van der Waals surface area (Å²) in [6.07, 6.45) is 4.80. The minimum absolute atomic E-state index is 0.175.